The van der Waals surface area contributed by atoms with E-state index >= 15 is 0 Å². The topological polar surface area (TPSA) is 73.8 Å². The number of hydrogen-bond acceptors (Lipinski definition) is 3. The Labute approximate surface area is 156 Å². The molecule has 1 aliphatic rings. The van der Waals surface area contributed by atoms with Gasteiger partial charge in [0.15, 0.2) is 0 Å². The number of nitrogens with two attached hydrogens (primary N) is 1. The van der Waals surface area contributed by atoms with Crippen LogP contribution in [-0.2, 0) is 6.54 Å². The van der Waals surface area contributed by atoms with Crippen LogP contribution in [0.15, 0.2) is 18.3 Å². The number of pyridine rings is 1. The summed E-state index contributed by atoms with van der Waals surface area (Å²) in [5.41, 5.74) is 10.3. The molecule has 5 heteroatoms. The van der Waals surface area contributed by atoms with Crippen molar-refractivity contribution in [2.45, 2.75) is 71.8 Å². The van der Waals surface area contributed by atoms with E-state index in [0.29, 0.717) is 29.0 Å². The third-order valence-corrected chi connectivity index (χ3v) is 5.71. The monoisotopic (exact) mass is 354 g/mol. The van der Waals surface area contributed by atoms with Crippen LogP contribution in [0, 0.1) is 19.8 Å². The Hall–Kier alpha value is -2.17. The van der Waals surface area contributed by atoms with E-state index < -0.39 is 0 Å². The van der Waals surface area contributed by atoms with E-state index in [1.54, 1.807) is 0 Å². The first-order chi connectivity index (χ1) is 12.3. The van der Waals surface area contributed by atoms with Gasteiger partial charge in [0.2, 0.25) is 0 Å². The number of primary amides is 1. The van der Waals surface area contributed by atoms with Crippen LogP contribution in [-0.4, -0.2) is 20.7 Å². The zero-order chi connectivity index (χ0) is 18.8. The van der Waals surface area contributed by atoms with Gasteiger partial charge >= 0.3 is 0 Å². The zero-order valence-corrected chi connectivity index (χ0v) is 16.3. The molecule has 1 fully saturated rings. The second-order valence-corrected chi connectivity index (χ2v) is 8.03. The fourth-order valence-corrected chi connectivity index (χ4v) is 3.95. The van der Waals surface area contributed by atoms with Gasteiger partial charge in [-0.2, -0.15) is 5.10 Å². The van der Waals surface area contributed by atoms with Crippen LogP contribution in [0.4, 0.5) is 0 Å². The highest BCUT2D eigenvalue weighted by atomic mass is 16.1. The van der Waals surface area contributed by atoms with Gasteiger partial charge in [-0.3, -0.25) is 14.5 Å². The Morgan fingerprint density at radius 2 is 1.92 bits per heavy atom. The van der Waals surface area contributed by atoms with Gasteiger partial charge in [-0.05, 0) is 75.0 Å². The Morgan fingerprint density at radius 1 is 1.23 bits per heavy atom. The number of aryl methyl sites for hydroxylation is 2. The van der Waals surface area contributed by atoms with E-state index in [1.165, 1.54) is 24.2 Å². The van der Waals surface area contributed by atoms with Crippen molar-refractivity contribution in [3.63, 3.8) is 0 Å². The summed E-state index contributed by atoms with van der Waals surface area (Å²) in [5.74, 6) is 1.22. The van der Waals surface area contributed by atoms with E-state index in [-0.39, 0.29) is 5.91 Å². The van der Waals surface area contributed by atoms with Crippen LogP contribution in [0.25, 0.3) is 0 Å². The highest BCUT2D eigenvalue weighted by Crippen LogP contribution is 2.36. The highest BCUT2D eigenvalue weighted by molar-refractivity contribution is 5.93. The third-order valence-electron chi connectivity index (χ3n) is 5.71. The summed E-state index contributed by atoms with van der Waals surface area (Å²) in [6.07, 6.45) is 6.54. The summed E-state index contributed by atoms with van der Waals surface area (Å²) < 4.78 is 2.18. The number of rotatable bonds is 5. The first-order valence-corrected chi connectivity index (χ1v) is 9.65. The standard InChI is InChI=1S/C21H30N4O/c1-13(2)20-9-14(3)25(24-20)12-16-5-7-17(8-6-16)18-10-19(21(22)26)15(4)23-11-18/h9-11,13,16-17H,5-8,12H2,1-4H3,(H2,22,26). The Bertz CT molecular complexity index is 785. The molecule has 26 heavy (non-hydrogen) atoms. The van der Waals surface area contributed by atoms with Crippen molar-refractivity contribution in [3.8, 4) is 0 Å². The Balaban J connectivity index is 1.63. The van der Waals surface area contributed by atoms with Crippen LogP contribution >= 0.6 is 0 Å². The number of aromatic nitrogens is 3. The summed E-state index contributed by atoms with van der Waals surface area (Å²) in [5, 5.41) is 4.78. The van der Waals surface area contributed by atoms with Crippen molar-refractivity contribution in [2.24, 2.45) is 11.7 Å². The van der Waals surface area contributed by atoms with Gasteiger partial charge in [0.1, 0.15) is 0 Å². The molecule has 140 valence electrons. The van der Waals surface area contributed by atoms with Crippen molar-refractivity contribution < 1.29 is 4.79 Å². The van der Waals surface area contributed by atoms with Gasteiger partial charge in [0.05, 0.1) is 11.3 Å². The summed E-state index contributed by atoms with van der Waals surface area (Å²) in [6, 6.07) is 4.15. The van der Waals surface area contributed by atoms with Crippen molar-refractivity contribution >= 4 is 5.91 Å². The maximum atomic E-state index is 11.6. The molecule has 5 nitrogen and oxygen atoms in total. The lowest BCUT2D eigenvalue weighted by Gasteiger charge is -2.29. The van der Waals surface area contributed by atoms with Crippen molar-refractivity contribution in [3.05, 3.63) is 46.5 Å². The predicted octanol–water partition coefficient (Wildman–Crippen LogP) is 4.09. The van der Waals surface area contributed by atoms with Crippen LogP contribution < -0.4 is 5.73 Å². The summed E-state index contributed by atoms with van der Waals surface area (Å²) in [6.45, 7) is 9.36. The Kier molecular flexibility index (Phi) is 5.44. The molecule has 0 radical (unpaired) electrons. The van der Waals surface area contributed by atoms with Gasteiger partial charge in [0.25, 0.3) is 5.91 Å². The molecule has 2 N–H and O–H groups in total. The van der Waals surface area contributed by atoms with E-state index in [4.69, 9.17) is 10.8 Å². The fraction of sp³-hybridized carbons (Fsp3) is 0.571. The maximum Gasteiger partial charge on any atom is 0.250 e. The lowest BCUT2D eigenvalue weighted by atomic mass is 9.79. The van der Waals surface area contributed by atoms with Crippen LogP contribution in [0.1, 0.15) is 84.4 Å². The third kappa shape index (κ3) is 3.97. The molecular weight excluding hydrogens is 324 g/mol. The minimum Gasteiger partial charge on any atom is -0.366 e. The van der Waals surface area contributed by atoms with Crippen molar-refractivity contribution in [1.29, 1.82) is 0 Å². The van der Waals surface area contributed by atoms with E-state index in [1.807, 2.05) is 19.2 Å². The largest absolute Gasteiger partial charge is 0.366 e. The molecule has 0 aromatic carbocycles. The molecule has 0 aliphatic heterocycles. The molecule has 0 bridgehead atoms. The molecule has 0 unspecified atom stereocenters. The predicted molar refractivity (Wildman–Crippen MR) is 103 cm³/mol. The maximum absolute atomic E-state index is 11.6. The molecule has 1 amide bonds. The Morgan fingerprint density at radius 3 is 2.50 bits per heavy atom. The van der Waals surface area contributed by atoms with E-state index in [9.17, 15) is 4.79 Å². The van der Waals surface area contributed by atoms with Gasteiger partial charge in [-0.25, -0.2) is 0 Å². The molecule has 1 saturated carbocycles. The normalized spacial score (nSPS) is 20.5. The molecule has 2 aromatic heterocycles. The molecule has 2 aromatic rings. The average molecular weight is 354 g/mol. The average Bonchev–Trinajstić information content (AvgIpc) is 2.97. The number of carbonyl (C=O) groups excluding carboxylic acids is 1. The van der Waals surface area contributed by atoms with Crippen molar-refractivity contribution in [1.82, 2.24) is 14.8 Å². The first kappa shape index (κ1) is 18.6. The van der Waals surface area contributed by atoms with Crippen LogP contribution in [0.2, 0.25) is 0 Å². The van der Waals surface area contributed by atoms with Gasteiger partial charge in [0, 0.05) is 24.1 Å². The SMILES string of the molecule is Cc1ncc(C2CCC(Cn3nc(C(C)C)cc3C)CC2)cc1C(N)=O. The number of carbonyl (C=O) groups is 1. The van der Waals surface area contributed by atoms with Gasteiger partial charge in [-0.1, -0.05) is 13.8 Å². The molecule has 0 saturated heterocycles. The van der Waals surface area contributed by atoms with E-state index in [0.717, 1.165) is 24.9 Å². The minimum atomic E-state index is -0.388. The molecule has 0 atom stereocenters. The molecule has 3 rings (SSSR count). The number of amides is 1. The minimum absolute atomic E-state index is 0.388. The second kappa shape index (κ2) is 7.60. The molecular formula is C21H30N4O. The molecule has 1 aliphatic carbocycles. The molecule has 0 spiro atoms. The lowest BCUT2D eigenvalue weighted by Crippen LogP contribution is -2.20. The number of nitrogens with zero attached hydrogens (tertiary/aromatic N) is 3. The quantitative estimate of drug-likeness (QED) is 0.879. The van der Waals surface area contributed by atoms with Crippen LogP contribution in [0.5, 0.6) is 0 Å². The molecule has 2 heterocycles. The lowest BCUT2D eigenvalue weighted by molar-refractivity contribution is 0.0999. The van der Waals surface area contributed by atoms with Crippen LogP contribution in [0.3, 0.4) is 0 Å². The van der Waals surface area contributed by atoms with Crippen molar-refractivity contribution in [2.75, 3.05) is 0 Å². The zero-order valence-electron chi connectivity index (χ0n) is 16.3. The summed E-state index contributed by atoms with van der Waals surface area (Å²) in [4.78, 5) is 15.9. The fourth-order valence-electron chi connectivity index (χ4n) is 3.95. The highest BCUT2D eigenvalue weighted by Gasteiger charge is 2.24. The smallest absolute Gasteiger partial charge is 0.250 e. The summed E-state index contributed by atoms with van der Waals surface area (Å²) in [7, 11) is 0. The summed E-state index contributed by atoms with van der Waals surface area (Å²) >= 11 is 0. The number of hydrogen-bond donors (Lipinski definition) is 1. The van der Waals surface area contributed by atoms with Gasteiger partial charge in [-0.15, -0.1) is 0 Å². The van der Waals surface area contributed by atoms with Gasteiger partial charge < -0.3 is 5.73 Å². The van der Waals surface area contributed by atoms with E-state index in [2.05, 4.69) is 36.5 Å². The first-order valence-electron chi connectivity index (χ1n) is 9.65. The second-order valence-electron chi connectivity index (χ2n) is 8.03.